The topological polar surface area (TPSA) is 35.2 Å². The van der Waals surface area contributed by atoms with Crippen LogP contribution in [0.25, 0.3) is 0 Å². The van der Waals surface area contributed by atoms with E-state index < -0.39 is 8.32 Å². The molecule has 0 aliphatic carbocycles. The molecule has 0 heterocycles. The Bertz CT molecular complexity index is 401. The Labute approximate surface area is 110 Å². The standard InChI is InChI=1S/C13H22ClNOSi/c1-9-7-10(14)8-11(15)12(9)16-17(5,6)13(2,3)4/h7-8H,15H2,1-6H3. The molecule has 0 bridgehead atoms. The van der Waals surface area contributed by atoms with Gasteiger partial charge >= 0.3 is 0 Å². The van der Waals surface area contributed by atoms with Crippen LogP contribution in [0.15, 0.2) is 12.1 Å². The van der Waals surface area contributed by atoms with Gasteiger partial charge in [0.05, 0.1) is 5.69 Å². The lowest BCUT2D eigenvalue weighted by Crippen LogP contribution is -2.44. The molecular weight excluding hydrogens is 250 g/mol. The first kappa shape index (κ1) is 14.4. The first-order valence-corrected chi connectivity index (χ1v) is 9.08. The highest BCUT2D eigenvalue weighted by Gasteiger charge is 2.39. The van der Waals surface area contributed by atoms with Crippen LogP contribution in [0, 0.1) is 6.92 Å². The van der Waals surface area contributed by atoms with Crippen LogP contribution < -0.4 is 10.2 Å². The molecule has 2 N–H and O–H groups in total. The number of nitrogen functional groups attached to an aromatic ring is 1. The molecule has 0 saturated heterocycles. The van der Waals surface area contributed by atoms with E-state index in [0.717, 1.165) is 11.3 Å². The maximum atomic E-state index is 6.24. The van der Waals surface area contributed by atoms with Gasteiger partial charge in [-0.1, -0.05) is 32.4 Å². The number of aryl methyl sites for hydroxylation is 1. The molecular formula is C13H22ClNOSi. The second-order valence-electron chi connectivity index (χ2n) is 6.00. The predicted octanol–water partition coefficient (Wildman–Crippen LogP) is 4.61. The summed E-state index contributed by atoms with van der Waals surface area (Å²) in [5.74, 6) is 0.793. The zero-order valence-corrected chi connectivity index (χ0v) is 13.3. The second-order valence-corrected chi connectivity index (χ2v) is 11.2. The van der Waals surface area contributed by atoms with Crippen molar-refractivity contribution < 1.29 is 4.43 Å². The van der Waals surface area contributed by atoms with Gasteiger partial charge in [-0.3, -0.25) is 0 Å². The van der Waals surface area contributed by atoms with Crippen LogP contribution in [0.2, 0.25) is 23.2 Å². The van der Waals surface area contributed by atoms with E-state index in [-0.39, 0.29) is 5.04 Å². The number of hydrogen-bond donors (Lipinski definition) is 1. The highest BCUT2D eigenvalue weighted by Crippen LogP contribution is 2.40. The summed E-state index contributed by atoms with van der Waals surface area (Å²) in [7, 11) is -1.85. The van der Waals surface area contributed by atoms with Crippen molar-refractivity contribution in [2.75, 3.05) is 5.73 Å². The van der Waals surface area contributed by atoms with Gasteiger partial charge in [0, 0.05) is 5.02 Å². The van der Waals surface area contributed by atoms with Gasteiger partial charge in [0.15, 0.2) is 0 Å². The van der Waals surface area contributed by atoms with Gasteiger partial charge in [0.2, 0.25) is 0 Å². The van der Waals surface area contributed by atoms with Crippen molar-refractivity contribution in [3.05, 3.63) is 22.7 Å². The maximum absolute atomic E-state index is 6.24. The van der Waals surface area contributed by atoms with Crippen molar-refractivity contribution in [2.45, 2.75) is 45.8 Å². The third kappa shape index (κ3) is 3.17. The Morgan fingerprint density at radius 3 is 2.18 bits per heavy atom. The molecule has 1 aromatic rings. The lowest BCUT2D eigenvalue weighted by Gasteiger charge is -2.37. The fraction of sp³-hybridized carbons (Fsp3) is 0.538. The lowest BCUT2D eigenvalue weighted by molar-refractivity contribution is 0.491. The van der Waals surface area contributed by atoms with Crippen molar-refractivity contribution >= 4 is 25.6 Å². The van der Waals surface area contributed by atoms with Crippen LogP contribution >= 0.6 is 11.6 Å². The summed E-state index contributed by atoms with van der Waals surface area (Å²) < 4.78 is 6.24. The average molecular weight is 272 g/mol. The van der Waals surface area contributed by atoms with Crippen LogP contribution in [0.3, 0.4) is 0 Å². The zero-order chi connectivity index (χ0) is 13.4. The van der Waals surface area contributed by atoms with Gasteiger partial charge in [-0.25, -0.2) is 0 Å². The van der Waals surface area contributed by atoms with Crippen molar-refractivity contribution in [2.24, 2.45) is 0 Å². The van der Waals surface area contributed by atoms with Crippen LogP contribution in [0.1, 0.15) is 26.3 Å². The Hall–Kier alpha value is -0.673. The SMILES string of the molecule is Cc1cc(Cl)cc(N)c1O[Si](C)(C)C(C)(C)C. The third-order valence-corrected chi connectivity index (χ3v) is 7.98. The zero-order valence-electron chi connectivity index (χ0n) is 11.5. The summed E-state index contributed by atoms with van der Waals surface area (Å²) in [5.41, 5.74) is 7.61. The van der Waals surface area contributed by atoms with E-state index in [4.69, 9.17) is 21.8 Å². The van der Waals surface area contributed by atoms with E-state index in [1.54, 1.807) is 6.07 Å². The summed E-state index contributed by atoms with van der Waals surface area (Å²) >= 11 is 5.96. The maximum Gasteiger partial charge on any atom is 0.250 e. The van der Waals surface area contributed by atoms with E-state index >= 15 is 0 Å². The average Bonchev–Trinajstić information content (AvgIpc) is 2.09. The molecule has 4 heteroatoms. The van der Waals surface area contributed by atoms with Gasteiger partial charge in [0.25, 0.3) is 8.32 Å². The molecule has 96 valence electrons. The Morgan fingerprint density at radius 1 is 1.24 bits per heavy atom. The summed E-state index contributed by atoms with van der Waals surface area (Å²) in [5, 5.41) is 0.813. The Kier molecular flexibility index (Phi) is 3.84. The molecule has 0 spiro atoms. The molecule has 0 radical (unpaired) electrons. The largest absolute Gasteiger partial charge is 0.542 e. The molecule has 1 aromatic carbocycles. The van der Waals surface area contributed by atoms with Crippen LogP contribution in [-0.4, -0.2) is 8.32 Å². The second kappa shape index (κ2) is 4.54. The van der Waals surface area contributed by atoms with Gasteiger partial charge in [0.1, 0.15) is 5.75 Å². The highest BCUT2D eigenvalue weighted by molar-refractivity contribution is 6.74. The molecule has 1 rings (SSSR count). The number of nitrogens with two attached hydrogens (primary N) is 1. The molecule has 0 amide bonds. The summed E-state index contributed by atoms with van der Waals surface area (Å²) in [6, 6.07) is 3.64. The number of halogens is 1. The van der Waals surface area contributed by atoms with Crippen LogP contribution in [0.4, 0.5) is 5.69 Å². The van der Waals surface area contributed by atoms with E-state index in [1.807, 2.05) is 13.0 Å². The molecule has 0 unspecified atom stereocenters. The molecule has 2 nitrogen and oxygen atoms in total. The van der Waals surface area contributed by atoms with Crippen molar-refractivity contribution in [3.8, 4) is 5.75 Å². The van der Waals surface area contributed by atoms with E-state index in [2.05, 4.69) is 33.9 Å². The molecule has 0 aliphatic heterocycles. The summed E-state index contributed by atoms with van der Waals surface area (Å²) in [4.78, 5) is 0. The van der Waals surface area contributed by atoms with Gasteiger partial charge in [-0.05, 0) is 42.8 Å². The lowest BCUT2D eigenvalue weighted by atomic mass is 10.2. The molecule has 17 heavy (non-hydrogen) atoms. The van der Waals surface area contributed by atoms with Crippen molar-refractivity contribution in [3.63, 3.8) is 0 Å². The van der Waals surface area contributed by atoms with Crippen molar-refractivity contribution in [1.82, 2.24) is 0 Å². The van der Waals surface area contributed by atoms with Crippen molar-refractivity contribution in [1.29, 1.82) is 0 Å². The number of rotatable bonds is 2. The smallest absolute Gasteiger partial charge is 0.250 e. The minimum Gasteiger partial charge on any atom is -0.542 e. The quantitative estimate of drug-likeness (QED) is 0.629. The molecule has 0 atom stereocenters. The predicted molar refractivity (Wildman–Crippen MR) is 78.4 cm³/mol. The van der Waals surface area contributed by atoms with E-state index in [1.165, 1.54) is 0 Å². The third-order valence-electron chi connectivity index (χ3n) is 3.43. The Morgan fingerprint density at radius 2 is 1.76 bits per heavy atom. The Balaban J connectivity index is 3.13. The molecule has 0 aromatic heterocycles. The van der Waals surface area contributed by atoms with Crippen LogP contribution in [0.5, 0.6) is 5.75 Å². The number of benzene rings is 1. The molecule has 0 aliphatic rings. The van der Waals surface area contributed by atoms with Gasteiger partial charge < -0.3 is 10.2 Å². The first-order valence-electron chi connectivity index (χ1n) is 5.79. The normalized spacial score (nSPS) is 12.6. The number of anilines is 1. The highest BCUT2D eigenvalue weighted by atomic mass is 35.5. The summed E-state index contributed by atoms with van der Waals surface area (Å²) in [6.45, 7) is 13.0. The number of hydrogen-bond acceptors (Lipinski definition) is 2. The summed E-state index contributed by atoms with van der Waals surface area (Å²) in [6.07, 6.45) is 0. The fourth-order valence-electron chi connectivity index (χ4n) is 1.30. The molecule has 0 fully saturated rings. The van der Waals surface area contributed by atoms with Gasteiger partial charge in [-0.2, -0.15) is 0 Å². The minimum atomic E-state index is -1.85. The monoisotopic (exact) mass is 271 g/mol. The van der Waals surface area contributed by atoms with Crippen LogP contribution in [-0.2, 0) is 0 Å². The molecule has 0 saturated carbocycles. The fourth-order valence-corrected chi connectivity index (χ4v) is 2.68. The van der Waals surface area contributed by atoms with Gasteiger partial charge in [-0.15, -0.1) is 0 Å². The van der Waals surface area contributed by atoms with E-state index in [9.17, 15) is 0 Å². The first-order chi connectivity index (χ1) is 7.54. The van der Waals surface area contributed by atoms with E-state index in [0.29, 0.717) is 10.7 Å². The minimum absolute atomic E-state index is 0.158.